The zero-order chi connectivity index (χ0) is 11.4. The van der Waals surface area contributed by atoms with Gasteiger partial charge in [-0.05, 0) is 42.0 Å². The van der Waals surface area contributed by atoms with E-state index in [-0.39, 0.29) is 5.82 Å². The summed E-state index contributed by atoms with van der Waals surface area (Å²) >= 11 is 7.55. The van der Waals surface area contributed by atoms with Gasteiger partial charge in [0.15, 0.2) is 0 Å². The van der Waals surface area contributed by atoms with Crippen molar-refractivity contribution in [3.63, 3.8) is 0 Å². The molecule has 3 heteroatoms. The van der Waals surface area contributed by atoms with Crippen molar-refractivity contribution in [3.8, 4) is 0 Å². The predicted molar refractivity (Wildman–Crippen MR) is 67.4 cm³/mol. The van der Waals surface area contributed by atoms with Gasteiger partial charge in [0, 0.05) is 15.7 Å². The molecule has 0 amide bonds. The molecule has 0 saturated heterocycles. The van der Waals surface area contributed by atoms with E-state index >= 15 is 0 Å². The van der Waals surface area contributed by atoms with E-state index in [1.165, 1.54) is 17.7 Å². The van der Waals surface area contributed by atoms with E-state index in [9.17, 15) is 4.39 Å². The van der Waals surface area contributed by atoms with E-state index in [0.29, 0.717) is 0 Å². The maximum absolute atomic E-state index is 12.7. The fourth-order valence-corrected chi connectivity index (χ4v) is 2.38. The Bertz CT molecular complexity index is 468. The smallest absolute Gasteiger partial charge is 0.123 e. The molecule has 0 N–H and O–H groups in total. The molecule has 0 bridgehead atoms. The van der Waals surface area contributed by atoms with Crippen LogP contribution in [0, 0.1) is 5.82 Å². The maximum atomic E-state index is 12.7. The van der Waals surface area contributed by atoms with Crippen LogP contribution in [-0.2, 0) is 5.75 Å². The van der Waals surface area contributed by atoms with Gasteiger partial charge >= 0.3 is 0 Å². The van der Waals surface area contributed by atoms with Gasteiger partial charge in [-0.25, -0.2) is 4.39 Å². The predicted octanol–water partition coefficient (Wildman–Crippen LogP) is 4.77. The third-order valence-electron chi connectivity index (χ3n) is 2.11. The van der Waals surface area contributed by atoms with Crippen molar-refractivity contribution in [2.45, 2.75) is 10.6 Å². The minimum Gasteiger partial charge on any atom is -0.207 e. The van der Waals surface area contributed by atoms with Crippen molar-refractivity contribution < 1.29 is 4.39 Å². The van der Waals surface area contributed by atoms with Gasteiger partial charge in [0.2, 0.25) is 0 Å². The van der Waals surface area contributed by atoms with E-state index in [1.54, 1.807) is 23.9 Å². The van der Waals surface area contributed by atoms with Gasteiger partial charge in [-0.2, -0.15) is 0 Å². The summed E-state index contributed by atoms with van der Waals surface area (Å²) in [5.74, 6) is 0.638. The van der Waals surface area contributed by atoms with Crippen molar-refractivity contribution in [1.82, 2.24) is 0 Å². The van der Waals surface area contributed by atoms with Gasteiger partial charge in [0.05, 0.1) is 0 Å². The zero-order valence-corrected chi connectivity index (χ0v) is 10.1. The summed E-state index contributed by atoms with van der Waals surface area (Å²) < 4.78 is 12.7. The van der Waals surface area contributed by atoms with E-state index in [2.05, 4.69) is 0 Å². The Morgan fingerprint density at radius 1 is 1.06 bits per heavy atom. The lowest BCUT2D eigenvalue weighted by Gasteiger charge is -2.02. The molecule has 0 unspecified atom stereocenters. The first-order valence-electron chi connectivity index (χ1n) is 4.87. The maximum Gasteiger partial charge on any atom is 0.123 e. The first kappa shape index (κ1) is 11.5. The fraction of sp³-hybridized carbons (Fsp3) is 0.0769. The molecular formula is C13H10ClFS. The highest BCUT2D eigenvalue weighted by atomic mass is 35.5. The zero-order valence-electron chi connectivity index (χ0n) is 8.49. The van der Waals surface area contributed by atoms with Gasteiger partial charge in [-0.15, -0.1) is 11.8 Å². The van der Waals surface area contributed by atoms with Gasteiger partial charge in [-0.1, -0.05) is 23.7 Å². The van der Waals surface area contributed by atoms with Crippen LogP contribution < -0.4 is 0 Å². The van der Waals surface area contributed by atoms with Crippen LogP contribution in [0.15, 0.2) is 53.4 Å². The summed E-state index contributed by atoms with van der Waals surface area (Å²) in [5.41, 5.74) is 1.17. The Morgan fingerprint density at radius 2 is 1.81 bits per heavy atom. The normalized spacial score (nSPS) is 10.4. The van der Waals surface area contributed by atoms with E-state index in [4.69, 9.17) is 11.6 Å². The van der Waals surface area contributed by atoms with Gasteiger partial charge in [-0.3, -0.25) is 0 Å². The van der Waals surface area contributed by atoms with Crippen LogP contribution in [0.4, 0.5) is 4.39 Å². The molecule has 0 aliphatic heterocycles. The number of halogens is 2. The molecule has 0 aromatic heterocycles. The summed E-state index contributed by atoms with van der Waals surface area (Å²) in [4.78, 5) is 1.06. The van der Waals surface area contributed by atoms with E-state index < -0.39 is 0 Å². The number of hydrogen-bond acceptors (Lipinski definition) is 1. The second kappa shape index (κ2) is 5.37. The Kier molecular flexibility index (Phi) is 3.86. The molecule has 0 heterocycles. The summed E-state index contributed by atoms with van der Waals surface area (Å²) in [6.07, 6.45) is 0. The second-order valence-corrected chi connectivity index (χ2v) is 4.86. The first-order chi connectivity index (χ1) is 7.74. The molecule has 0 nitrogen and oxygen atoms in total. The van der Waals surface area contributed by atoms with E-state index in [1.807, 2.05) is 24.3 Å². The lowest BCUT2D eigenvalue weighted by atomic mass is 10.2. The molecule has 2 aromatic rings. The summed E-state index contributed by atoms with van der Waals surface area (Å²) in [6, 6.07) is 14.3. The van der Waals surface area contributed by atoms with Crippen LogP contribution in [0.25, 0.3) is 0 Å². The molecule has 0 saturated carbocycles. The molecule has 0 spiro atoms. The van der Waals surface area contributed by atoms with Crippen LogP contribution in [0.1, 0.15) is 5.56 Å². The Balaban J connectivity index is 1.99. The minimum atomic E-state index is -0.202. The monoisotopic (exact) mass is 252 g/mol. The quantitative estimate of drug-likeness (QED) is 0.709. The molecule has 2 rings (SSSR count). The average Bonchev–Trinajstić information content (AvgIpc) is 2.28. The molecular weight excluding hydrogens is 243 g/mol. The van der Waals surface area contributed by atoms with Gasteiger partial charge < -0.3 is 0 Å². The lowest BCUT2D eigenvalue weighted by Crippen LogP contribution is -1.80. The van der Waals surface area contributed by atoms with Crippen LogP contribution in [0.3, 0.4) is 0 Å². The van der Waals surface area contributed by atoms with Crippen molar-refractivity contribution in [1.29, 1.82) is 0 Å². The summed E-state index contributed by atoms with van der Waals surface area (Å²) in [6.45, 7) is 0. The largest absolute Gasteiger partial charge is 0.207 e. The fourth-order valence-electron chi connectivity index (χ4n) is 1.32. The second-order valence-electron chi connectivity index (χ2n) is 3.37. The number of benzene rings is 2. The Morgan fingerprint density at radius 3 is 2.50 bits per heavy atom. The molecule has 2 aromatic carbocycles. The standard InChI is InChI=1S/C13H10ClFS/c14-11-3-1-2-10(8-11)9-16-13-6-4-12(15)5-7-13/h1-8H,9H2. The molecule has 0 aliphatic rings. The average molecular weight is 253 g/mol. The highest BCUT2D eigenvalue weighted by Gasteiger charge is 1.97. The molecule has 0 radical (unpaired) electrons. The van der Waals surface area contributed by atoms with E-state index in [0.717, 1.165) is 15.7 Å². The van der Waals surface area contributed by atoms with Gasteiger partial charge in [0.25, 0.3) is 0 Å². The van der Waals surface area contributed by atoms with Crippen LogP contribution >= 0.6 is 23.4 Å². The highest BCUT2D eigenvalue weighted by Crippen LogP contribution is 2.24. The third kappa shape index (κ3) is 3.26. The topological polar surface area (TPSA) is 0 Å². The van der Waals surface area contributed by atoms with Crippen molar-refractivity contribution >= 4 is 23.4 Å². The molecule has 0 atom stereocenters. The number of rotatable bonds is 3. The highest BCUT2D eigenvalue weighted by molar-refractivity contribution is 7.98. The van der Waals surface area contributed by atoms with Crippen LogP contribution in [-0.4, -0.2) is 0 Å². The van der Waals surface area contributed by atoms with Gasteiger partial charge in [0.1, 0.15) is 5.82 Å². The van der Waals surface area contributed by atoms with Crippen LogP contribution in [0.5, 0.6) is 0 Å². The first-order valence-corrected chi connectivity index (χ1v) is 6.23. The molecule has 16 heavy (non-hydrogen) atoms. The molecule has 82 valence electrons. The third-order valence-corrected chi connectivity index (χ3v) is 3.43. The Labute approximate surface area is 103 Å². The van der Waals surface area contributed by atoms with Crippen molar-refractivity contribution in [2.75, 3.05) is 0 Å². The summed E-state index contributed by atoms with van der Waals surface area (Å²) in [5, 5.41) is 0.747. The molecule has 0 aliphatic carbocycles. The number of hydrogen-bond donors (Lipinski definition) is 0. The molecule has 0 fully saturated rings. The van der Waals surface area contributed by atoms with Crippen molar-refractivity contribution in [3.05, 3.63) is 64.9 Å². The lowest BCUT2D eigenvalue weighted by molar-refractivity contribution is 0.626. The summed E-state index contributed by atoms with van der Waals surface area (Å²) in [7, 11) is 0. The van der Waals surface area contributed by atoms with Crippen LogP contribution in [0.2, 0.25) is 5.02 Å². The number of thioether (sulfide) groups is 1. The Hall–Kier alpha value is -0.990. The SMILES string of the molecule is Fc1ccc(SCc2cccc(Cl)c2)cc1. The minimum absolute atomic E-state index is 0.202. The van der Waals surface area contributed by atoms with Crippen molar-refractivity contribution in [2.24, 2.45) is 0 Å².